The van der Waals surface area contributed by atoms with Gasteiger partial charge in [-0.15, -0.1) is 0 Å². The van der Waals surface area contributed by atoms with Gasteiger partial charge in [0.05, 0.1) is 26.8 Å². The summed E-state index contributed by atoms with van der Waals surface area (Å²) in [6.45, 7) is 1.72. The number of halogens is 1. The van der Waals surface area contributed by atoms with Gasteiger partial charge in [-0.3, -0.25) is 0 Å². The van der Waals surface area contributed by atoms with Crippen molar-refractivity contribution >= 4 is 23.1 Å². The lowest BCUT2D eigenvalue weighted by molar-refractivity contribution is 0.414. The zero-order valence-electron chi connectivity index (χ0n) is 7.24. The van der Waals surface area contributed by atoms with Gasteiger partial charge >= 0.3 is 0 Å². The largest absolute Gasteiger partial charge is 0.497 e. The third-order valence-electron chi connectivity index (χ3n) is 1.64. The second-order valence-corrected chi connectivity index (χ2v) is 6.44. The number of benzene rings is 1. The average Bonchev–Trinajstić information content (AvgIpc) is 2.01. The summed E-state index contributed by atoms with van der Waals surface area (Å²) in [5.41, 5.74) is 0.663. The molecule has 1 rings (SSSR count). The molecule has 0 spiro atoms. The van der Waals surface area contributed by atoms with Gasteiger partial charge in [0.15, 0.2) is 0 Å². The number of hydrogen-bond donors (Lipinski definition) is 0. The van der Waals surface area contributed by atoms with Gasteiger partial charge < -0.3 is 4.74 Å². The summed E-state index contributed by atoms with van der Waals surface area (Å²) < 4.78 is 27.2. The summed E-state index contributed by atoms with van der Waals surface area (Å²) in [7, 11) is -1.76. The van der Waals surface area contributed by atoms with Gasteiger partial charge in [0.2, 0.25) is 8.27 Å². The molecule has 0 aliphatic heterocycles. The lowest BCUT2D eigenvalue weighted by atomic mass is 10.2. The van der Waals surface area contributed by atoms with Crippen molar-refractivity contribution in [2.75, 3.05) is 7.11 Å². The SMILES string of the molecule is COc1ccc(S(=O)(=O)Br)c(C)c1. The summed E-state index contributed by atoms with van der Waals surface area (Å²) >= 11 is 2.62. The maximum Gasteiger partial charge on any atom is 0.237 e. The molecule has 0 saturated carbocycles. The summed E-state index contributed by atoms with van der Waals surface area (Å²) in [6.07, 6.45) is 0. The van der Waals surface area contributed by atoms with Crippen molar-refractivity contribution < 1.29 is 13.2 Å². The second-order valence-electron chi connectivity index (χ2n) is 2.57. The highest BCUT2D eigenvalue weighted by atomic mass is 79.9. The number of ether oxygens (including phenoxy) is 1. The molecule has 1 aromatic carbocycles. The van der Waals surface area contributed by atoms with E-state index in [0.717, 1.165) is 0 Å². The maximum atomic E-state index is 11.1. The first-order chi connectivity index (χ1) is 5.95. The Morgan fingerprint density at radius 2 is 2.00 bits per heavy atom. The minimum absolute atomic E-state index is 0.272. The van der Waals surface area contributed by atoms with Crippen LogP contribution in [0.1, 0.15) is 5.56 Å². The quantitative estimate of drug-likeness (QED) is 0.769. The molecule has 1 aromatic rings. The van der Waals surface area contributed by atoms with Crippen LogP contribution >= 0.6 is 14.8 Å². The molecular formula is C8H9BrO3S. The molecule has 0 bridgehead atoms. The molecule has 0 radical (unpaired) electrons. The van der Waals surface area contributed by atoms with E-state index in [1.165, 1.54) is 13.2 Å². The highest BCUT2D eigenvalue weighted by molar-refractivity contribution is 9.47. The number of hydrogen-bond acceptors (Lipinski definition) is 3. The minimum Gasteiger partial charge on any atom is -0.497 e. The zero-order chi connectivity index (χ0) is 10.1. The van der Waals surface area contributed by atoms with E-state index in [4.69, 9.17) is 4.74 Å². The standard InChI is InChI=1S/C8H9BrO3S/c1-6-5-7(12-2)3-4-8(6)13(9,10)11/h3-5H,1-2H3. The third kappa shape index (κ3) is 2.45. The molecule has 0 amide bonds. The van der Waals surface area contributed by atoms with Crippen molar-refractivity contribution in [1.29, 1.82) is 0 Å². The second kappa shape index (κ2) is 3.67. The Kier molecular flexibility index (Phi) is 2.98. The van der Waals surface area contributed by atoms with Gasteiger partial charge in [-0.1, -0.05) is 0 Å². The first kappa shape index (κ1) is 10.5. The smallest absolute Gasteiger partial charge is 0.237 e. The van der Waals surface area contributed by atoms with Crippen molar-refractivity contribution in [2.45, 2.75) is 11.8 Å². The van der Waals surface area contributed by atoms with E-state index in [9.17, 15) is 8.42 Å². The first-order valence-electron chi connectivity index (χ1n) is 3.54. The Morgan fingerprint density at radius 1 is 1.38 bits per heavy atom. The Balaban J connectivity index is 3.29. The van der Waals surface area contributed by atoms with Gasteiger partial charge in [-0.25, -0.2) is 8.42 Å². The fraction of sp³-hybridized carbons (Fsp3) is 0.250. The van der Waals surface area contributed by atoms with Gasteiger partial charge in [0.25, 0.3) is 0 Å². The normalized spacial score (nSPS) is 11.3. The molecule has 3 nitrogen and oxygen atoms in total. The van der Waals surface area contributed by atoms with Crippen LogP contribution in [-0.4, -0.2) is 15.5 Å². The van der Waals surface area contributed by atoms with Crippen LogP contribution in [0.25, 0.3) is 0 Å². The van der Waals surface area contributed by atoms with Crippen molar-refractivity contribution in [3.63, 3.8) is 0 Å². The van der Waals surface area contributed by atoms with Crippen LogP contribution in [0.5, 0.6) is 5.75 Å². The Bertz CT molecular complexity index is 411. The lowest BCUT2D eigenvalue weighted by Gasteiger charge is -2.04. The number of rotatable bonds is 2. The van der Waals surface area contributed by atoms with Crippen molar-refractivity contribution in [2.24, 2.45) is 0 Å². The molecule has 0 fully saturated rings. The molecule has 72 valence electrons. The summed E-state index contributed by atoms with van der Waals surface area (Å²) in [4.78, 5) is 0.272. The molecule has 13 heavy (non-hydrogen) atoms. The Morgan fingerprint density at radius 3 is 2.38 bits per heavy atom. The van der Waals surface area contributed by atoms with Crippen molar-refractivity contribution in [3.8, 4) is 5.75 Å². The molecule has 0 unspecified atom stereocenters. The molecule has 0 aromatic heterocycles. The van der Waals surface area contributed by atoms with Crippen molar-refractivity contribution in [3.05, 3.63) is 23.8 Å². The van der Waals surface area contributed by atoms with Gasteiger partial charge in [0, 0.05) is 0 Å². The summed E-state index contributed by atoms with van der Waals surface area (Å²) in [6, 6.07) is 4.80. The van der Waals surface area contributed by atoms with Crippen LogP contribution in [0.15, 0.2) is 23.1 Å². The monoisotopic (exact) mass is 264 g/mol. The summed E-state index contributed by atoms with van der Waals surface area (Å²) in [5, 5.41) is 0. The van der Waals surface area contributed by atoms with Crippen LogP contribution in [0.3, 0.4) is 0 Å². The van der Waals surface area contributed by atoms with E-state index in [0.29, 0.717) is 11.3 Å². The molecule has 0 aliphatic carbocycles. The van der Waals surface area contributed by atoms with Crippen LogP contribution in [0.2, 0.25) is 0 Å². The van der Waals surface area contributed by atoms with Crippen LogP contribution in [0.4, 0.5) is 0 Å². The van der Waals surface area contributed by atoms with E-state index in [-0.39, 0.29) is 4.90 Å². The molecule has 0 saturated heterocycles. The number of methoxy groups -OCH3 is 1. The van der Waals surface area contributed by atoms with E-state index in [1.54, 1.807) is 19.1 Å². The first-order valence-corrected chi connectivity index (χ1v) is 6.87. The Labute approximate surface area is 84.8 Å². The molecule has 0 heterocycles. The van der Waals surface area contributed by atoms with E-state index >= 15 is 0 Å². The van der Waals surface area contributed by atoms with Gasteiger partial charge in [-0.05, 0) is 30.7 Å². The van der Waals surface area contributed by atoms with Crippen LogP contribution in [0, 0.1) is 6.92 Å². The third-order valence-corrected chi connectivity index (χ3v) is 3.67. The van der Waals surface area contributed by atoms with E-state index in [1.807, 2.05) is 0 Å². The highest BCUT2D eigenvalue weighted by Crippen LogP contribution is 2.24. The molecule has 0 aliphatic rings. The highest BCUT2D eigenvalue weighted by Gasteiger charge is 2.12. The molecular weight excluding hydrogens is 256 g/mol. The lowest BCUT2D eigenvalue weighted by Crippen LogP contribution is -1.94. The van der Waals surface area contributed by atoms with E-state index < -0.39 is 8.27 Å². The van der Waals surface area contributed by atoms with Crippen LogP contribution in [-0.2, 0) is 8.27 Å². The van der Waals surface area contributed by atoms with Gasteiger partial charge in [-0.2, -0.15) is 0 Å². The Hall–Kier alpha value is -0.550. The minimum atomic E-state index is -3.30. The number of aryl methyl sites for hydroxylation is 1. The fourth-order valence-corrected chi connectivity index (χ4v) is 2.79. The predicted molar refractivity (Wildman–Crippen MR) is 53.8 cm³/mol. The topological polar surface area (TPSA) is 43.4 Å². The predicted octanol–water partition coefficient (Wildman–Crippen LogP) is 2.09. The fourth-order valence-electron chi connectivity index (χ4n) is 1.02. The maximum absolute atomic E-state index is 11.1. The van der Waals surface area contributed by atoms with Crippen molar-refractivity contribution in [1.82, 2.24) is 0 Å². The summed E-state index contributed by atoms with van der Waals surface area (Å²) in [5.74, 6) is 0.650. The molecule has 5 heteroatoms. The molecule has 0 atom stereocenters. The zero-order valence-corrected chi connectivity index (χ0v) is 9.65. The van der Waals surface area contributed by atoms with Gasteiger partial charge in [0.1, 0.15) is 5.75 Å². The van der Waals surface area contributed by atoms with Crippen LogP contribution < -0.4 is 4.74 Å². The molecule has 0 N–H and O–H groups in total. The van der Waals surface area contributed by atoms with E-state index in [2.05, 4.69) is 14.8 Å². The average molecular weight is 265 g/mol.